The highest BCUT2D eigenvalue weighted by Crippen LogP contribution is 2.27. The lowest BCUT2D eigenvalue weighted by Gasteiger charge is -2.03. The van der Waals surface area contributed by atoms with Crippen LogP contribution in [0.1, 0.15) is 0 Å². The molecule has 0 bridgehead atoms. The zero-order chi connectivity index (χ0) is 19.7. The van der Waals surface area contributed by atoms with Crippen LogP contribution in [0.4, 0.5) is 0 Å². The van der Waals surface area contributed by atoms with Crippen molar-refractivity contribution in [2.75, 3.05) is 0 Å². The van der Waals surface area contributed by atoms with Crippen molar-refractivity contribution in [2.45, 2.75) is 0 Å². The average molecular weight is 376 g/mol. The van der Waals surface area contributed by atoms with Gasteiger partial charge in [-0.2, -0.15) is 0 Å². The van der Waals surface area contributed by atoms with Crippen molar-refractivity contribution in [1.29, 1.82) is 0 Å². The normalized spacial score (nSPS) is 11.9. The summed E-state index contributed by atoms with van der Waals surface area (Å²) in [5.74, 6) is 0. The molecule has 0 saturated carbocycles. The van der Waals surface area contributed by atoms with E-state index in [9.17, 15) is 14.4 Å². The third-order valence-electron chi connectivity index (χ3n) is 5.66. The van der Waals surface area contributed by atoms with E-state index in [0.717, 1.165) is 22.0 Å². The SMILES string of the molecule is O=c1c2c(=O)c3ccc(-c4ccc5[nH]ccc5c4)cc3c=2c(=O)c2cnccc12. The van der Waals surface area contributed by atoms with Gasteiger partial charge in [0.05, 0.1) is 10.6 Å². The molecule has 2 aliphatic carbocycles. The second-order valence-electron chi connectivity index (χ2n) is 7.20. The molecule has 5 nitrogen and oxygen atoms in total. The summed E-state index contributed by atoms with van der Waals surface area (Å²) in [6.45, 7) is 0. The predicted molar refractivity (Wildman–Crippen MR) is 113 cm³/mol. The van der Waals surface area contributed by atoms with Crippen LogP contribution in [0, 0.1) is 10.4 Å². The quantitative estimate of drug-likeness (QED) is 0.478. The van der Waals surface area contributed by atoms with E-state index >= 15 is 0 Å². The van der Waals surface area contributed by atoms with Gasteiger partial charge in [-0.15, -0.1) is 0 Å². The highest BCUT2D eigenvalue weighted by molar-refractivity contribution is 5.93. The van der Waals surface area contributed by atoms with Gasteiger partial charge in [0, 0.05) is 40.1 Å². The fraction of sp³-hybridized carbons (Fsp3) is 0. The molecule has 2 aliphatic rings. The second-order valence-corrected chi connectivity index (χ2v) is 7.20. The molecule has 2 aromatic heterocycles. The highest BCUT2D eigenvalue weighted by Gasteiger charge is 2.17. The molecule has 29 heavy (non-hydrogen) atoms. The van der Waals surface area contributed by atoms with Crippen LogP contribution < -0.4 is 16.3 Å². The highest BCUT2D eigenvalue weighted by atomic mass is 16.1. The number of nitrogens with zero attached hydrogens (tertiary/aromatic N) is 1. The number of aromatic amines is 1. The first-order valence-electron chi connectivity index (χ1n) is 9.18. The molecule has 136 valence electrons. The summed E-state index contributed by atoms with van der Waals surface area (Å²) in [6.07, 6.45) is 4.73. The van der Waals surface area contributed by atoms with Crippen LogP contribution in [0.25, 0.3) is 43.6 Å². The number of benzene rings is 2. The van der Waals surface area contributed by atoms with E-state index < -0.39 is 5.43 Å². The predicted octanol–water partition coefficient (Wildman–Crippen LogP) is 3.22. The lowest BCUT2D eigenvalue weighted by Crippen LogP contribution is -2.18. The molecule has 0 amide bonds. The number of hydrogen-bond donors (Lipinski definition) is 1. The van der Waals surface area contributed by atoms with Crippen LogP contribution in [0.2, 0.25) is 0 Å². The van der Waals surface area contributed by atoms with E-state index in [1.165, 1.54) is 18.5 Å². The molecule has 5 heteroatoms. The maximum Gasteiger partial charge on any atom is 0.198 e. The topological polar surface area (TPSA) is 79.9 Å². The number of aromatic nitrogens is 2. The summed E-state index contributed by atoms with van der Waals surface area (Å²) >= 11 is 0. The van der Waals surface area contributed by atoms with E-state index in [1.807, 2.05) is 42.6 Å². The number of H-pyrrole nitrogens is 1. The molecule has 0 aliphatic heterocycles. The average Bonchev–Trinajstić information content (AvgIpc) is 3.34. The summed E-state index contributed by atoms with van der Waals surface area (Å²) < 4.78 is 0. The maximum absolute atomic E-state index is 13.1. The first-order chi connectivity index (χ1) is 14.1. The fourth-order valence-corrected chi connectivity index (χ4v) is 4.24. The number of hydrogen-bond acceptors (Lipinski definition) is 4. The minimum absolute atomic E-state index is 0.0260. The van der Waals surface area contributed by atoms with E-state index in [-0.39, 0.29) is 32.1 Å². The summed E-state index contributed by atoms with van der Waals surface area (Å²) in [6, 6.07) is 14.9. The van der Waals surface area contributed by atoms with E-state index in [2.05, 4.69) is 9.97 Å². The molecule has 0 spiro atoms. The van der Waals surface area contributed by atoms with Crippen LogP contribution in [-0.4, -0.2) is 9.97 Å². The van der Waals surface area contributed by atoms with E-state index in [0.29, 0.717) is 10.8 Å². The van der Waals surface area contributed by atoms with Crippen LogP contribution in [0.15, 0.2) is 81.5 Å². The third-order valence-corrected chi connectivity index (χ3v) is 5.66. The van der Waals surface area contributed by atoms with Crippen LogP contribution >= 0.6 is 0 Å². The molecule has 0 saturated heterocycles. The Balaban J connectivity index is 1.78. The first kappa shape index (κ1) is 15.9. The van der Waals surface area contributed by atoms with Gasteiger partial charge < -0.3 is 4.98 Å². The zero-order valence-electron chi connectivity index (χ0n) is 15.0. The number of rotatable bonds is 1. The van der Waals surface area contributed by atoms with Gasteiger partial charge >= 0.3 is 0 Å². The molecule has 2 aromatic carbocycles. The Morgan fingerprint density at radius 1 is 0.655 bits per heavy atom. The Labute approximate surface area is 162 Å². The molecule has 0 radical (unpaired) electrons. The zero-order valence-corrected chi connectivity index (χ0v) is 15.0. The second kappa shape index (κ2) is 5.45. The van der Waals surface area contributed by atoms with Crippen molar-refractivity contribution >= 4 is 32.4 Å². The Hall–Kier alpha value is -4.12. The number of fused-ring (bicyclic) bond motifs is 4. The largest absolute Gasteiger partial charge is 0.361 e. The molecule has 0 atom stereocenters. The molecule has 4 aromatic rings. The van der Waals surface area contributed by atoms with Gasteiger partial charge in [-0.3, -0.25) is 19.4 Å². The smallest absolute Gasteiger partial charge is 0.198 e. The molecule has 0 unspecified atom stereocenters. The summed E-state index contributed by atoms with van der Waals surface area (Å²) in [4.78, 5) is 46.1. The van der Waals surface area contributed by atoms with E-state index in [4.69, 9.17) is 0 Å². The molecular formula is C24H12N2O3. The van der Waals surface area contributed by atoms with Gasteiger partial charge in [-0.25, -0.2) is 0 Å². The molecule has 0 fully saturated rings. The van der Waals surface area contributed by atoms with Crippen molar-refractivity contribution in [1.82, 2.24) is 9.97 Å². The molecule has 6 rings (SSSR count). The van der Waals surface area contributed by atoms with Crippen LogP contribution in [0.5, 0.6) is 0 Å². The van der Waals surface area contributed by atoms with Crippen molar-refractivity contribution in [3.63, 3.8) is 0 Å². The Morgan fingerprint density at radius 3 is 2.24 bits per heavy atom. The molecular weight excluding hydrogens is 364 g/mol. The Kier molecular flexibility index (Phi) is 2.99. The number of nitrogens with one attached hydrogen (secondary N) is 1. The summed E-state index contributed by atoms with van der Waals surface area (Å²) in [5, 5.41) is 2.64. The monoisotopic (exact) mass is 376 g/mol. The molecule has 1 N–H and O–H groups in total. The van der Waals surface area contributed by atoms with Crippen molar-refractivity contribution < 1.29 is 0 Å². The first-order valence-corrected chi connectivity index (χ1v) is 9.18. The van der Waals surface area contributed by atoms with Gasteiger partial charge in [0.25, 0.3) is 0 Å². The van der Waals surface area contributed by atoms with Gasteiger partial charge in [-0.05, 0) is 58.3 Å². The minimum atomic E-state index is -0.409. The fourth-order valence-electron chi connectivity index (χ4n) is 4.24. The Bertz CT molecular complexity index is 1820. The van der Waals surface area contributed by atoms with Gasteiger partial charge in [-0.1, -0.05) is 12.1 Å². The van der Waals surface area contributed by atoms with Gasteiger partial charge in [0.15, 0.2) is 16.3 Å². The van der Waals surface area contributed by atoms with Crippen LogP contribution in [0.3, 0.4) is 0 Å². The minimum Gasteiger partial charge on any atom is -0.361 e. The van der Waals surface area contributed by atoms with E-state index in [1.54, 1.807) is 6.07 Å². The Morgan fingerprint density at radius 2 is 1.38 bits per heavy atom. The maximum atomic E-state index is 13.1. The number of pyridine rings is 1. The van der Waals surface area contributed by atoms with Crippen molar-refractivity contribution in [2.24, 2.45) is 0 Å². The van der Waals surface area contributed by atoms with Crippen LogP contribution in [-0.2, 0) is 0 Å². The lowest BCUT2D eigenvalue weighted by atomic mass is 10.0. The van der Waals surface area contributed by atoms with Gasteiger partial charge in [0.1, 0.15) is 0 Å². The third kappa shape index (κ3) is 2.04. The van der Waals surface area contributed by atoms with Gasteiger partial charge in [0.2, 0.25) is 0 Å². The summed E-state index contributed by atoms with van der Waals surface area (Å²) in [7, 11) is 0. The van der Waals surface area contributed by atoms with Crippen molar-refractivity contribution in [3.05, 3.63) is 108 Å². The van der Waals surface area contributed by atoms with Crippen molar-refractivity contribution in [3.8, 4) is 11.1 Å². The standard InChI is InChI=1S/C24H12N2O3/c27-22-15-3-1-13(12-2-4-19-14(9-12)5-8-26-19)10-17(15)20-21(22)23(28)16-6-7-25-11-18(16)24(20)29/h1-11,26H. The lowest BCUT2D eigenvalue weighted by molar-refractivity contribution is 1.34. The molecule has 2 heterocycles. The summed E-state index contributed by atoms with van der Waals surface area (Å²) in [5.41, 5.74) is 1.76.